The van der Waals surface area contributed by atoms with Gasteiger partial charge < -0.3 is 10.1 Å². The van der Waals surface area contributed by atoms with Crippen molar-refractivity contribution in [3.8, 4) is 5.75 Å². The van der Waals surface area contributed by atoms with Crippen LogP contribution in [0.3, 0.4) is 0 Å². The van der Waals surface area contributed by atoms with Crippen LogP contribution in [0.4, 0.5) is 0 Å². The lowest BCUT2D eigenvalue weighted by molar-refractivity contribution is 0.131. The molecule has 0 unspecified atom stereocenters. The summed E-state index contributed by atoms with van der Waals surface area (Å²) in [7, 11) is 0. The molecule has 0 radical (unpaired) electrons. The third-order valence-electron chi connectivity index (χ3n) is 3.02. The van der Waals surface area contributed by atoms with Crippen molar-refractivity contribution in [1.29, 1.82) is 0 Å². The van der Waals surface area contributed by atoms with Crippen molar-refractivity contribution < 1.29 is 4.74 Å². The maximum atomic E-state index is 5.82. The molecule has 0 spiro atoms. The van der Waals surface area contributed by atoms with Gasteiger partial charge in [-0.25, -0.2) is 0 Å². The molecule has 1 aromatic rings. The molecule has 1 atom stereocenters. The molecule has 1 aromatic carbocycles. The molecule has 18 heavy (non-hydrogen) atoms. The molecule has 0 saturated carbocycles. The molecule has 1 fully saturated rings. The number of hydrogen-bond acceptors (Lipinski definition) is 2. The number of benzene rings is 1. The molecule has 0 aromatic heterocycles. The predicted octanol–water partition coefficient (Wildman–Crippen LogP) is 4.10. The average Bonchev–Trinajstić information content (AvgIpc) is 2.29. The Morgan fingerprint density at radius 1 is 1.11 bits per heavy atom. The molecule has 0 bridgehead atoms. The third-order valence-corrected chi connectivity index (χ3v) is 3.02. The summed E-state index contributed by atoms with van der Waals surface area (Å²) in [6.07, 6.45) is 3.89. The fourth-order valence-electron chi connectivity index (χ4n) is 2.26. The first-order valence-electron chi connectivity index (χ1n) is 6.57. The van der Waals surface area contributed by atoms with Crippen molar-refractivity contribution in [2.75, 3.05) is 6.54 Å². The minimum Gasteiger partial charge on any atom is -0.488 e. The van der Waals surface area contributed by atoms with E-state index in [0.29, 0.717) is 6.04 Å². The van der Waals surface area contributed by atoms with E-state index in [1.54, 1.807) is 0 Å². The third kappa shape index (κ3) is 4.51. The summed E-state index contributed by atoms with van der Waals surface area (Å²) in [6, 6.07) is 9.06. The maximum Gasteiger partial charge on any atom is 0.120 e. The van der Waals surface area contributed by atoms with E-state index in [9.17, 15) is 0 Å². The van der Waals surface area contributed by atoms with Crippen molar-refractivity contribution in [2.45, 2.75) is 51.7 Å². The van der Waals surface area contributed by atoms with Crippen LogP contribution in [0.5, 0.6) is 5.75 Å². The Balaban J connectivity index is 0.00000162. The van der Waals surface area contributed by atoms with E-state index in [0.717, 1.165) is 12.3 Å². The highest BCUT2D eigenvalue weighted by atomic mass is 35.5. The fourth-order valence-corrected chi connectivity index (χ4v) is 2.26. The highest BCUT2D eigenvalue weighted by Gasteiger charge is 2.15. The van der Waals surface area contributed by atoms with Gasteiger partial charge in [-0.15, -0.1) is 12.4 Å². The minimum atomic E-state index is -0.120. The molecule has 1 saturated heterocycles. The zero-order valence-electron chi connectivity index (χ0n) is 11.5. The van der Waals surface area contributed by atoms with Crippen LogP contribution in [0.25, 0.3) is 0 Å². The quantitative estimate of drug-likeness (QED) is 0.873. The van der Waals surface area contributed by atoms with Crippen LogP contribution in [-0.2, 0) is 0 Å². The normalized spacial score (nSPS) is 20.1. The Bertz CT molecular complexity index is 350. The SMILES string of the molecule is CC(C)(C)Oc1ccc([C@@H]2CCCCN2)cc1.Cl. The largest absolute Gasteiger partial charge is 0.488 e. The number of halogens is 1. The number of piperidine rings is 1. The number of nitrogens with one attached hydrogen (secondary N) is 1. The van der Waals surface area contributed by atoms with Gasteiger partial charge in [-0.3, -0.25) is 0 Å². The fraction of sp³-hybridized carbons (Fsp3) is 0.600. The van der Waals surface area contributed by atoms with Crippen LogP contribution in [0.1, 0.15) is 51.6 Å². The summed E-state index contributed by atoms with van der Waals surface area (Å²) in [6.45, 7) is 7.36. The van der Waals surface area contributed by atoms with Crippen molar-refractivity contribution >= 4 is 12.4 Å². The van der Waals surface area contributed by atoms with Crippen molar-refractivity contribution in [3.63, 3.8) is 0 Å². The first-order chi connectivity index (χ1) is 8.04. The molecule has 1 N–H and O–H groups in total. The Morgan fingerprint density at radius 3 is 2.28 bits per heavy atom. The van der Waals surface area contributed by atoms with E-state index in [-0.39, 0.29) is 18.0 Å². The van der Waals surface area contributed by atoms with Gasteiger partial charge in [-0.2, -0.15) is 0 Å². The van der Waals surface area contributed by atoms with Crippen LogP contribution in [-0.4, -0.2) is 12.1 Å². The minimum absolute atomic E-state index is 0. The van der Waals surface area contributed by atoms with Gasteiger partial charge in [0.2, 0.25) is 0 Å². The van der Waals surface area contributed by atoms with Crippen LogP contribution in [0, 0.1) is 0 Å². The molecule has 2 nitrogen and oxygen atoms in total. The summed E-state index contributed by atoms with van der Waals surface area (Å²) in [4.78, 5) is 0. The molecule has 0 amide bonds. The van der Waals surface area contributed by atoms with Crippen molar-refractivity contribution in [1.82, 2.24) is 5.32 Å². The monoisotopic (exact) mass is 269 g/mol. The zero-order chi connectivity index (χ0) is 12.3. The van der Waals surface area contributed by atoms with Gasteiger partial charge in [0.05, 0.1) is 0 Å². The maximum absolute atomic E-state index is 5.82. The summed E-state index contributed by atoms with van der Waals surface area (Å²) < 4.78 is 5.82. The average molecular weight is 270 g/mol. The van der Waals surface area contributed by atoms with Crippen molar-refractivity contribution in [3.05, 3.63) is 29.8 Å². The molecule has 3 heteroatoms. The van der Waals surface area contributed by atoms with E-state index in [2.05, 4.69) is 50.4 Å². The second-order valence-electron chi connectivity index (χ2n) is 5.79. The summed E-state index contributed by atoms with van der Waals surface area (Å²) in [5, 5.41) is 3.56. The van der Waals surface area contributed by atoms with E-state index in [4.69, 9.17) is 4.74 Å². The Kier molecular flexibility index (Phi) is 5.48. The number of hydrogen-bond donors (Lipinski definition) is 1. The van der Waals surface area contributed by atoms with E-state index in [1.165, 1.54) is 24.8 Å². The molecule has 1 aliphatic heterocycles. The zero-order valence-corrected chi connectivity index (χ0v) is 12.3. The highest BCUT2D eigenvalue weighted by molar-refractivity contribution is 5.85. The van der Waals surface area contributed by atoms with Crippen LogP contribution >= 0.6 is 12.4 Å². The summed E-state index contributed by atoms with van der Waals surface area (Å²) in [5.41, 5.74) is 1.26. The number of ether oxygens (including phenoxy) is 1. The second-order valence-corrected chi connectivity index (χ2v) is 5.79. The molecule has 102 valence electrons. The first-order valence-corrected chi connectivity index (χ1v) is 6.57. The Labute approximate surface area is 117 Å². The number of rotatable bonds is 2. The van der Waals surface area contributed by atoms with Gasteiger partial charge in [0, 0.05) is 6.04 Å². The van der Waals surface area contributed by atoms with Gasteiger partial charge >= 0.3 is 0 Å². The standard InChI is InChI=1S/C15H23NO.ClH/c1-15(2,3)17-13-9-7-12(8-10-13)14-6-4-5-11-16-14;/h7-10,14,16H,4-6,11H2,1-3H3;1H/t14-;/m0./s1. The predicted molar refractivity (Wildman–Crippen MR) is 78.7 cm³/mol. The van der Waals surface area contributed by atoms with E-state index in [1.807, 2.05) is 0 Å². The van der Waals surface area contributed by atoms with Gasteiger partial charge in [0.15, 0.2) is 0 Å². The lowest BCUT2D eigenvalue weighted by atomic mass is 9.97. The van der Waals surface area contributed by atoms with Crippen LogP contribution in [0.2, 0.25) is 0 Å². The van der Waals surface area contributed by atoms with Gasteiger partial charge in [0.25, 0.3) is 0 Å². The first kappa shape index (κ1) is 15.3. The van der Waals surface area contributed by atoms with E-state index >= 15 is 0 Å². The molecule has 1 heterocycles. The Hall–Kier alpha value is -0.730. The van der Waals surface area contributed by atoms with Gasteiger partial charge in [-0.1, -0.05) is 18.6 Å². The summed E-state index contributed by atoms with van der Waals surface area (Å²) in [5.74, 6) is 0.956. The Morgan fingerprint density at radius 2 is 1.78 bits per heavy atom. The lowest BCUT2D eigenvalue weighted by Gasteiger charge is -2.25. The van der Waals surface area contributed by atoms with Crippen LogP contribution in [0.15, 0.2) is 24.3 Å². The molecular formula is C15H24ClNO. The van der Waals surface area contributed by atoms with Gasteiger partial charge in [0.1, 0.15) is 11.4 Å². The lowest BCUT2D eigenvalue weighted by Crippen LogP contribution is -2.26. The van der Waals surface area contributed by atoms with Gasteiger partial charge in [-0.05, 0) is 57.9 Å². The van der Waals surface area contributed by atoms with Crippen molar-refractivity contribution in [2.24, 2.45) is 0 Å². The smallest absolute Gasteiger partial charge is 0.120 e. The topological polar surface area (TPSA) is 21.3 Å². The summed E-state index contributed by atoms with van der Waals surface area (Å²) >= 11 is 0. The molecule has 1 aliphatic rings. The highest BCUT2D eigenvalue weighted by Crippen LogP contribution is 2.25. The molecule has 2 rings (SSSR count). The second kappa shape index (κ2) is 6.44. The molecule has 0 aliphatic carbocycles. The van der Waals surface area contributed by atoms with Crippen LogP contribution < -0.4 is 10.1 Å². The van der Waals surface area contributed by atoms with E-state index < -0.39 is 0 Å². The molecular weight excluding hydrogens is 246 g/mol.